The molecule has 0 fully saturated rings. The first-order chi connectivity index (χ1) is 14.1. The van der Waals surface area contributed by atoms with E-state index < -0.39 is 0 Å². The molecule has 0 unspecified atom stereocenters. The van der Waals surface area contributed by atoms with E-state index in [9.17, 15) is 0 Å². The number of hydrogen-bond donors (Lipinski definition) is 0. The van der Waals surface area contributed by atoms with Crippen LogP contribution in [0.3, 0.4) is 0 Å². The van der Waals surface area contributed by atoms with Gasteiger partial charge in [0, 0.05) is 45.1 Å². The molecule has 0 saturated heterocycles. The van der Waals surface area contributed by atoms with E-state index in [0.717, 1.165) is 56.9 Å². The Balaban J connectivity index is 1.75. The smallest absolute Gasteiger partial charge is 0.164 e. The van der Waals surface area contributed by atoms with Gasteiger partial charge in [0.05, 0.1) is 5.52 Å². The molecule has 0 atom stereocenters. The van der Waals surface area contributed by atoms with Gasteiger partial charge in [0.25, 0.3) is 0 Å². The fourth-order valence-electron chi connectivity index (χ4n) is 3.94. The molecule has 0 amide bonds. The monoisotopic (exact) mass is 464 g/mol. The molecule has 29 heavy (non-hydrogen) atoms. The van der Waals surface area contributed by atoms with E-state index >= 15 is 0 Å². The number of pyridine rings is 1. The van der Waals surface area contributed by atoms with Crippen molar-refractivity contribution in [2.75, 3.05) is 11.4 Å². The molecule has 0 saturated carbocycles. The van der Waals surface area contributed by atoms with Gasteiger partial charge >= 0.3 is 0 Å². The lowest BCUT2D eigenvalue weighted by molar-refractivity contribution is 0.974. The Morgan fingerprint density at radius 3 is 2.86 bits per heavy atom. The first-order valence-electron chi connectivity index (χ1n) is 9.60. The van der Waals surface area contributed by atoms with Crippen LogP contribution in [0.15, 0.2) is 59.3 Å². The number of fused-ring (bicyclic) bond motifs is 2. The van der Waals surface area contributed by atoms with Crippen molar-refractivity contribution in [2.45, 2.75) is 19.8 Å². The van der Waals surface area contributed by atoms with Gasteiger partial charge in [-0.2, -0.15) is 0 Å². The number of benzene rings is 2. The Labute approximate surface area is 182 Å². The molecule has 0 aliphatic carbocycles. The summed E-state index contributed by atoms with van der Waals surface area (Å²) in [5, 5.41) is 1.80. The molecular weight excluding hydrogens is 448 g/mol. The first-order valence-corrected chi connectivity index (χ1v) is 10.8. The summed E-state index contributed by atoms with van der Waals surface area (Å²) in [7, 11) is 0. The van der Waals surface area contributed by atoms with E-state index in [1.165, 1.54) is 11.1 Å². The van der Waals surface area contributed by atoms with Gasteiger partial charge in [-0.05, 0) is 66.4 Å². The zero-order valence-electron chi connectivity index (χ0n) is 15.9. The second-order valence-electron chi connectivity index (χ2n) is 7.09. The standard InChI is InChI=1S/C23H18BrClN4/c1-2-14-7-9-26-13-19(14)22-27-20-12-16(24)3-5-18(20)23(28-22)29-10-8-15-11-17(25)4-6-21(15)29/h3-7,9,11-13H,2,8,10H2,1H3. The molecule has 0 N–H and O–H groups in total. The van der Waals surface area contributed by atoms with Crippen LogP contribution in [0.5, 0.6) is 0 Å². The van der Waals surface area contributed by atoms with Gasteiger partial charge < -0.3 is 4.90 Å². The summed E-state index contributed by atoms with van der Waals surface area (Å²) in [6, 6.07) is 14.3. The molecule has 1 aliphatic heterocycles. The third-order valence-corrected chi connectivity index (χ3v) is 6.09. The summed E-state index contributed by atoms with van der Waals surface area (Å²) >= 11 is 9.79. The summed E-state index contributed by atoms with van der Waals surface area (Å²) in [5.41, 5.74) is 5.49. The quantitative estimate of drug-likeness (QED) is 0.353. The summed E-state index contributed by atoms with van der Waals surface area (Å²) in [6.07, 6.45) is 5.53. The third kappa shape index (κ3) is 3.28. The zero-order chi connectivity index (χ0) is 20.0. The van der Waals surface area contributed by atoms with Crippen molar-refractivity contribution in [3.05, 3.63) is 75.5 Å². The van der Waals surface area contributed by atoms with Crippen molar-refractivity contribution in [3.8, 4) is 11.4 Å². The highest BCUT2D eigenvalue weighted by molar-refractivity contribution is 9.10. The second kappa shape index (κ2) is 7.39. The Bertz CT molecular complexity index is 1240. The van der Waals surface area contributed by atoms with E-state index in [4.69, 9.17) is 21.6 Å². The number of aryl methyl sites for hydroxylation is 1. The van der Waals surface area contributed by atoms with Crippen molar-refractivity contribution in [2.24, 2.45) is 0 Å². The van der Waals surface area contributed by atoms with Crippen LogP contribution in [0, 0.1) is 0 Å². The zero-order valence-corrected chi connectivity index (χ0v) is 18.2. The fraction of sp³-hybridized carbons (Fsp3) is 0.174. The molecule has 2 aromatic carbocycles. The minimum atomic E-state index is 0.706. The summed E-state index contributed by atoms with van der Waals surface area (Å²) in [6.45, 7) is 3.00. The predicted octanol–water partition coefficient (Wildman–Crippen LogP) is 6.36. The minimum Gasteiger partial charge on any atom is -0.325 e. The molecule has 6 heteroatoms. The van der Waals surface area contributed by atoms with Crippen LogP contribution in [-0.2, 0) is 12.8 Å². The van der Waals surface area contributed by atoms with Crippen LogP contribution < -0.4 is 4.90 Å². The number of aromatic nitrogens is 3. The van der Waals surface area contributed by atoms with Crippen LogP contribution >= 0.6 is 27.5 Å². The van der Waals surface area contributed by atoms with Crippen molar-refractivity contribution in [1.82, 2.24) is 15.0 Å². The largest absolute Gasteiger partial charge is 0.325 e. The maximum Gasteiger partial charge on any atom is 0.164 e. The normalized spacial score (nSPS) is 13.1. The maximum atomic E-state index is 6.21. The highest BCUT2D eigenvalue weighted by Gasteiger charge is 2.25. The second-order valence-corrected chi connectivity index (χ2v) is 8.45. The number of anilines is 2. The molecule has 0 radical (unpaired) electrons. The Hall–Kier alpha value is -2.50. The molecule has 0 bridgehead atoms. The van der Waals surface area contributed by atoms with Gasteiger partial charge in [-0.1, -0.05) is 34.5 Å². The minimum absolute atomic E-state index is 0.706. The molecule has 0 spiro atoms. The summed E-state index contributed by atoms with van der Waals surface area (Å²) in [5.74, 6) is 1.63. The van der Waals surface area contributed by atoms with Gasteiger partial charge in [0.15, 0.2) is 5.82 Å². The Kier molecular flexibility index (Phi) is 4.72. The molecule has 3 heterocycles. The number of halogens is 2. The highest BCUT2D eigenvalue weighted by Crippen LogP contribution is 2.39. The summed E-state index contributed by atoms with van der Waals surface area (Å²) < 4.78 is 0.996. The van der Waals surface area contributed by atoms with Crippen molar-refractivity contribution in [1.29, 1.82) is 0 Å². The molecule has 4 aromatic rings. The molecular formula is C23H18BrClN4. The predicted molar refractivity (Wildman–Crippen MR) is 122 cm³/mol. The molecule has 4 nitrogen and oxygen atoms in total. The van der Waals surface area contributed by atoms with Gasteiger partial charge in [-0.15, -0.1) is 0 Å². The highest BCUT2D eigenvalue weighted by atomic mass is 79.9. The average molecular weight is 466 g/mol. The maximum absolute atomic E-state index is 6.21. The van der Waals surface area contributed by atoms with E-state index in [1.807, 2.05) is 42.7 Å². The lowest BCUT2D eigenvalue weighted by Crippen LogP contribution is -2.16. The van der Waals surface area contributed by atoms with Crippen molar-refractivity contribution in [3.63, 3.8) is 0 Å². The number of nitrogens with zero attached hydrogens (tertiary/aromatic N) is 4. The fourth-order valence-corrected chi connectivity index (χ4v) is 4.48. The lowest BCUT2D eigenvalue weighted by atomic mass is 10.1. The van der Waals surface area contributed by atoms with Crippen molar-refractivity contribution >= 4 is 49.9 Å². The average Bonchev–Trinajstić information content (AvgIpc) is 3.15. The van der Waals surface area contributed by atoms with E-state index in [0.29, 0.717) is 5.82 Å². The third-order valence-electron chi connectivity index (χ3n) is 5.36. The Morgan fingerprint density at radius 2 is 2.00 bits per heavy atom. The van der Waals surface area contributed by atoms with E-state index in [2.05, 4.69) is 44.9 Å². The van der Waals surface area contributed by atoms with Crippen LogP contribution in [0.25, 0.3) is 22.3 Å². The molecule has 1 aliphatic rings. The van der Waals surface area contributed by atoms with Crippen LogP contribution in [0.4, 0.5) is 11.5 Å². The molecule has 5 rings (SSSR count). The Morgan fingerprint density at radius 1 is 1.10 bits per heavy atom. The van der Waals surface area contributed by atoms with Gasteiger partial charge in [0.2, 0.25) is 0 Å². The van der Waals surface area contributed by atoms with Crippen LogP contribution in [-0.4, -0.2) is 21.5 Å². The number of hydrogen-bond acceptors (Lipinski definition) is 4. The SMILES string of the molecule is CCc1ccncc1-c1nc(N2CCc3cc(Cl)ccc32)c2ccc(Br)cc2n1. The molecule has 2 aromatic heterocycles. The van der Waals surface area contributed by atoms with Crippen LogP contribution in [0.1, 0.15) is 18.1 Å². The molecule has 144 valence electrons. The number of rotatable bonds is 3. The summed E-state index contributed by atoms with van der Waals surface area (Å²) in [4.78, 5) is 16.5. The van der Waals surface area contributed by atoms with E-state index in [1.54, 1.807) is 0 Å². The van der Waals surface area contributed by atoms with E-state index in [-0.39, 0.29) is 0 Å². The topological polar surface area (TPSA) is 41.9 Å². The van der Waals surface area contributed by atoms with Gasteiger partial charge in [-0.25, -0.2) is 9.97 Å². The van der Waals surface area contributed by atoms with Gasteiger partial charge in [-0.3, -0.25) is 4.98 Å². The van der Waals surface area contributed by atoms with Crippen LogP contribution in [0.2, 0.25) is 5.02 Å². The van der Waals surface area contributed by atoms with Gasteiger partial charge in [0.1, 0.15) is 5.82 Å². The first kappa shape index (κ1) is 18.5. The van der Waals surface area contributed by atoms with Crippen molar-refractivity contribution < 1.29 is 0 Å². The lowest BCUT2D eigenvalue weighted by Gasteiger charge is -2.21.